The standard InChI is InChI=1S/C9H14N4O/c1-14-8-5-13(6-8)9-3-2-7(4-10)11-12-9/h2-3,8H,4-6,10H2,1H3. The van der Waals surface area contributed by atoms with E-state index < -0.39 is 0 Å². The Morgan fingerprint density at radius 1 is 1.50 bits per heavy atom. The molecule has 1 aromatic rings. The van der Waals surface area contributed by atoms with Crippen LogP contribution < -0.4 is 10.6 Å². The second-order valence-electron chi connectivity index (χ2n) is 3.35. The second kappa shape index (κ2) is 3.89. The maximum atomic E-state index is 5.43. The Hall–Kier alpha value is -1.20. The molecule has 1 aliphatic heterocycles. The van der Waals surface area contributed by atoms with Crippen LogP contribution in [0.25, 0.3) is 0 Å². The Labute approximate surface area is 82.9 Å². The molecule has 5 heteroatoms. The van der Waals surface area contributed by atoms with Crippen LogP contribution in [0.4, 0.5) is 5.82 Å². The first kappa shape index (κ1) is 9.36. The fourth-order valence-electron chi connectivity index (χ4n) is 1.40. The van der Waals surface area contributed by atoms with Gasteiger partial charge in [0.2, 0.25) is 0 Å². The minimum absolute atomic E-state index is 0.339. The molecule has 14 heavy (non-hydrogen) atoms. The Morgan fingerprint density at radius 3 is 2.79 bits per heavy atom. The van der Waals surface area contributed by atoms with Crippen molar-refractivity contribution in [3.63, 3.8) is 0 Å². The summed E-state index contributed by atoms with van der Waals surface area (Å²) in [6.07, 6.45) is 0.339. The number of methoxy groups -OCH3 is 1. The number of hydrogen-bond acceptors (Lipinski definition) is 5. The van der Waals surface area contributed by atoms with Crippen molar-refractivity contribution in [2.45, 2.75) is 12.6 Å². The third kappa shape index (κ3) is 1.69. The third-order valence-electron chi connectivity index (χ3n) is 2.42. The molecule has 5 nitrogen and oxygen atoms in total. The van der Waals surface area contributed by atoms with Crippen molar-refractivity contribution >= 4 is 5.82 Å². The average Bonchev–Trinajstić information content (AvgIpc) is 2.17. The Kier molecular flexibility index (Phi) is 2.60. The molecule has 1 fully saturated rings. The van der Waals surface area contributed by atoms with E-state index in [1.807, 2.05) is 12.1 Å². The van der Waals surface area contributed by atoms with E-state index in [0.29, 0.717) is 12.6 Å². The molecule has 0 atom stereocenters. The van der Waals surface area contributed by atoms with Gasteiger partial charge in [0, 0.05) is 26.7 Å². The summed E-state index contributed by atoms with van der Waals surface area (Å²) in [4.78, 5) is 2.13. The summed E-state index contributed by atoms with van der Waals surface area (Å²) in [5.74, 6) is 0.899. The van der Waals surface area contributed by atoms with Gasteiger partial charge in [0.1, 0.15) is 0 Å². The highest BCUT2D eigenvalue weighted by Crippen LogP contribution is 2.18. The summed E-state index contributed by atoms with van der Waals surface area (Å²) >= 11 is 0. The lowest BCUT2D eigenvalue weighted by molar-refractivity contribution is 0.0782. The average molecular weight is 194 g/mol. The molecule has 0 aromatic carbocycles. The molecule has 0 amide bonds. The van der Waals surface area contributed by atoms with Gasteiger partial charge < -0.3 is 15.4 Å². The Morgan fingerprint density at radius 2 is 2.29 bits per heavy atom. The van der Waals surface area contributed by atoms with Crippen molar-refractivity contribution in [2.24, 2.45) is 5.73 Å². The van der Waals surface area contributed by atoms with Gasteiger partial charge >= 0.3 is 0 Å². The van der Waals surface area contributed by atoms with Crippen molar-refractivity contribution in [1.29, 1.82) is 0 Å². The molecular weight excluding hydrogens is 180 g/mol. The summed E-state index contributed by atoms with van der Waals surface area (Å²) in [5.41, 5.74) is 6.25. The predicted molar refractivity (Wildman–Crippen MR) is 52.9 cm³/mol. The maximum absolute atomic E-state index is 5.43. The number of hydrogen-bond donors (Lipinski definition) is 1. The molecule has 0 saturated carbocycles. The molecule has 76 valence electrons. The number of ether oxygens (including phenoxy) is 1. The van der Waals surface area contributed by atoms with Gasteiger partial charge in [-0.3, -0.25) is 0 Å². The third-order valence-corrected chi connectivity index (χ3v) is 2.42. The van der Waals surface area contributed by atoms with Crippen LogP contribution in [0, 0.1) is 0 Å². The van der Waals surface area contributed by atoms with E-state index in [0.717, 1.165) is 24.6 Å². The van der Waals surface area contributed by atoms with Gasteiger partial charge in [-0.05, 0) is 12.1 Å². The number of aromatic nitrogens is 2. The molecule has 1 aliphatic rings. The van der Waals surface area contributed by atoms with Crippen molar-refractivity contribution in [1.82, 2.24) is 10.2 Å². The minimum atomic E-state index is 0.339. The van der Waals surface area contributed by atoms with Crippen LogP contribution in [0.15, 0.2) is 12.1 Å². The van der Waals surface area contributed by atoms with Crippen molar-refractivity contribution in [3.05, 3.63) is 17.8 Å². The number of nitrogens with zero attached hydrogens (tertiary/aromatic N) is 3. The summed E-state index contributed by atoms with van der Waals surface area (Å²) < 4.78 is 5.17. The zero-order valence-corrected chi connectivity index (χ0v) is 8.18. The van der Waals surface area contributed by atoms with E-state index in [-0.39, 0.29) is 0 Å². The van der Waals surface area contributed by atoms with Gasteiger partial charge in [0.25, 0.3) is 0 Å². The molecule has 2 heterocycles. The van der Waals surface area contributed by atoms with Crippen molar-refractivity contribution < 1.29 is 4.74 Å². The first-order valence-electron chi connectivity index (χ1n) is 4.64. The fraction of sp³-hybridized carbons (Fsp3) is 0.556. The Bertz CT molecular complexity index is 294. The normalized spacial score (nSPS) is 16.9. The number of anilines is 1. The molecule has 0 bridgehead atoms. The number of rotatable bonds is 3. The SMILES string of the molecule is COC1CN(c2ccc(CN)nn2)C1. The smallest absolute Gasteiger partial charge is 0.151 e. The molecular formula is C9H14N4O. The molecule has 1 aromatic heterocycles. The molecule has 1 saturated heterocycles. The summed E-state index contributed by atoms with van der Waals surface area (Å²) in [5, 5.41) is 8.07. The topological polar surface area (TPSA) is 64.3 Å². The highest BCUT2D eigenvalue weighted by atomic mass is 16.5. The fourth-order valence-corrected chi connectivity index (χ4v) is 1.40. The van der Waals surface area contributed by atoms with Crippen LogP contribution in [0.1, 0.15) is 5.69 Å². The van der Waals surface area contributed by atoms with Crippen LogP contribution in [0.3, 0.4) is 0 Å². The van der Waals surface area contributed by atoms with E-state index in [1.165, 1.54) is 0 Å². The number of nitrogens with two attached hydrogens (primary N) is 1. The minimum Gasteiger partial charge on any atom is -0.378 e. The predicted octanol–water partition coefficient (Wildman–Crippen LogP) is -0.230. The molecule has 0 spiro atoms. The maximum Gasteiger partial charge on any atom is 0.151 e. The van der Waals surface area contributed by atoms with Crippen LogP contribution in [-0.2, 0) is 11.3 Å². The lowest BCUT2D eigenvalue weighted by Crippen LogP contribution is -2.52. The zero-order chi connectivity index (χ0) is 9.97. The second-order valence-corrected chi connectivity index (χ2v) is 3.35. The van der Waals surface area contributed by atoms with Gasteiger partial charge in [0.05, 0.1) is 11.8 Å². The van der Waals surface area contributed by atoms with Crippen molar-refractivity contribution in [3.8, 4) is 0 Å². The summed E-state index contributed by atoms with van der Waals surface area (Å²) in [7, 11) is 1.73. The van der Waals surface area contributed by atoms with E-state index in [2.05, 4.69) is 15.1 Å². The van der Waals surface area contributed by atoms with E-state index in [1.54, 1.807) is 7.11 Å². The van der Waals surface area contributed by atoms with Crippen LogP contribution in [0.5, 0.6) is 0 Å². The lowest BCUT2D eigenvalue weighted by Gasteiger charge is -2.38. The van der Waals surface area contributed by atoms with Crippen molar-refractivity contribution in [2.75, 3.05) is 25.1 Å². The molecule has 0 radical (unpaired) electrons. The highest BCUT2D eigenvalue weighted by molar-refractivity contribution is 5.41. The first-order chi connectivity index (χ1) is 6.83. The monoisotopic (exact) mass is 194 g/mol. The van der Waals surface area contributed by atoms with Gasteiger partial charge in [-0.25, -0.2) is 0 Å². The van der Waals surface area contributed by atoms with Gasteiger partial charge in [-0.1, -0.05) is 0 Å². The molecule has 0 unspecified atom stereocenters. The highest BCUT2D eigenvalue weighted by Gasteiger charge is 2.27. The largest absolute Gasteiger partial charge is 0.378 e. The Balaban J connectivity index is 1.98. The molecule has 2 rings (SSSR count). The summed E-state index contributed by atoms with van der Waals surface area (Å²) in [6.45, 7) is 2.23. The lowest BCUT2D eigenvalue weighted by atomic mass is 10.1. The summed E-state index contributed by atoms with van der Waals surface area (Å²) in [6, 6.07) is 3.85. The van der Waals surface area contributed by atoms with Gasteiger partial charge in [0.15, 0.2) is 5.82 Å². The van der Waals surface area contributed by atoms with Gasteiger partial charge in [-0.15, -0.1) is 5.10 Å². The van der Waals surface area contributed by atoms with E-state index >= 15 is 0 Å². The van der Waals surface area contributed by atoms with Crippen LogP contribution >= 0.6 is 0 Å². The first-order valence-corrected chi connectivity index (χ1v) is 4.64. The quantitative estimate of drug-likeness (QED) is 0.720. The van der Waals surface area contributed by atoms with E-state index in [9.17, 15) is 0 Å². The zero-order valence-electron chi connectivity index (χ0n) is 8.18. The van der Waals surface area contributed by atoms with Crippen LogP contribution in [-0.4, -0.2) is 36.5 Å². The van der Waals surface area contributed by atoms with Crippen LogP contribution in [0.2, 0.25) is 0 Å². The molecule has 2 N–H and O–H groups in total. The van der Waals surface area contributed by atoms with E-state index in [4.69, 9.17) is 10.5 Å². The van der Waals surface area contributed by atoms with Gasteiger partial charge in [-0.2, -0.15) is 5.10 Å². The molecule has 0 aliphatic carbocycles.